The van der Waals surface area contributed by atoms with Crippen LogP contribution in [0.4, 0.5) is 0 Å². The largest absolute Gasteiger partial charge is 0.348 e. The van der Waals surface area contributed by atoms with E-state index in [2.05, 4.69) is 4.99 Å². The second-order valence-electron chi connectivity index (χ2n) is 2.55. The van der Waals surface area contributed by atoms with Crippen LogP contribution in [0, 0.1) is 0 Å². The predicted molar refractivity (Wildman–Crippen MR) is 37.9 cm³/mol. The van der Waals surface area contributed by atoms with Gasteiger partial charge in [-0.2, -0.15) is 0 Å². The van der Waals surface area contributed by atoms with Crippen molar-refractivity contribution < 1.29 is 14.3 Å². The smallest absolute Gasteiger partial charge is 0.234 e. The number of isocyanates is 1. The van der Waals surface area contributed by atoms with Crippen molar-refractivity contribution in [1.29, 1.82) is 0 Å². The van der Waals surface area contributed by atoms with Crippen LogP contribution in [0.15, 0.2) is 4.99 Å². The fourth-order valence-corrected chi connectivity index (χ4v) is 1.01. The quantitative estimate of drug-likeness (QED) is 0.442. The lowest BCUT2D eigenvalue weighted by Gasteiger charge is -2.20. The summed E-state index contributed by atoms with van der Waals surface area (Å²) in [4.78, 5) is 13.1. The molecule has 1 aliphatic heterocycles. The lowest BCUT2D eigenvalue weighted by atomic mass is 10.2. The van der Waals surface area contributed by atoms with Gasteiger partial charge < -0.3 is 9.47 Å². The molecular weight excluding hydrogens is 146 g/mol. The van der Waals surface area contributed by atoms with E-state index in [4.69, 9.17) is 9.47 Å². The van der Waals surface area contributed by atoms with Gasteiger partial charge in [0.15, 0.2) is 5.79 Å². The van der Waals surface area contributed by atoms with Crippen molar-refractivity contribution in [3.8, 4) is 0 Å². The van der Waals surface area contributed by atoms with Gasteiger partial charge in [-0.25, -0.2) is 9.79 Å². The van der Waals surface area contributed by atoms with Crippen molar-refractivity contribution in [3.05, 3.63) is 0 Å². The molecule has 0 bridgehead atoms. The third-order valence-corrected chi connectivity index (χ3v) is 1.64. The molecule has 62 valence electrons. The summed E-state index contributed by atoms with van der Waals surface area (Å²) in [5.74, 6) is -0.527. The zero-order valence-corrected chi connectivity index (χ0v) is 6.50. The van der Waals surface area contributed by atoms with Crippen molar-refractivity contribution in [2.24, 2.45) is 4.99 Å². The molecule has 0 unspecified atom stereocenters. The molecule has 1 rings (SSSR count). The summed E-state index contributed by atoms with van der Waals surface area (Å²) in [6, 6.07) is 0. The van der Waals surface area contributed by atoms with Gasteiger partial charge in [0.1, 0.15) is 0 Å². The van der Waals surface area contributed by atoms with Crippen LogP contribution in [-0.2, 0) is 14.3 Å². The van der Waals surface area contributed by atoms with Gasteiger partial charge >= 0.3 is 0 Å². The monoisotopic (exact) mass is 157 g/mol. The summed E-state index contributed by atoms with van der Waals surface area (Å²) >= 11 is 0. The molecule has 0 aromatic heterocycles. The van der Waals surface area contributed by atoms with Crippen LogP contribution < -0.4 is 0 Å². The Morgan fingerprint density at radius 1 is 1.55 bits per heavy atom. The minimum atomic E-state index is -0.527. The van der Waals surface area contributed by atoms with Gasteiger partial charge in [0.2, 0.25) is 6.08 Å². The standard InChI is InChI=1S/C7H11NO3/c1-7(2-3-8-6-9)10-4-5-11-7/h2-5H2,1H3. The Morgan fingerprint density at radius 3 is 2.73 bits per heavy atom. The molecule has 0 N–H and O–H groups in total. The molecule has 1 fully saturated rings. The highest BCUT2D eigenvalue weighted by Crippen LogP contribution is 2.21. The number of aliphatic imine (C=N–C) groups is 1. The zero-order chi connectivity index (χ0) is 8.16. The molecule has 0 amide bonds. The first-order valence-electron chi connectivity index (χ1n) is 3.58. The number of nitrogens with zero attached hydrogens (tertiary/aromatic N) is 1. The van der Waals surface area contributed by atoms with Gasteiger partial charge in [-0.3, -0.25) is 0 Å². The van der Waals surface area contributed by atoms with Crippen LogP contribution in [0.3, 0.4) is 0 Å². The molecule has 0 spiro atoms. The second kappa shape index (κ2) is 3.62. The summed E-state index contributed by atoms with van der Waals surface area (Å²) in [5, 5.41) is 0. The predicted octanol–water partition coefficient (Wildman–Crippen LogP) is 0.475. The molecule has 0 aliphatic carbocycles. The maximum atomic E-state index is 9.71. The van der Waals surface area contributed by atoms with Gasteiger partial charge in [-0.05, 0) is 6.92 Å². The Hall–Kier alpha value is -0.700. The summed E-state index contributed by atoms with van der Waals surface area (Å²) in [7, 11) is 0. The van der Waals surface area contributed by atoms with E-state index >= 15 is 0 Å². The van der Waals surface area contributed by atoms with Crippen LogP contribution in [0.25, 0.3) is 0 Å². The number of rotatable bonds is 3. The minimum absolute atomic E-state index is 0.417. The van der Waals surface area contributed by atoms with Gasteiger partial charge in [-0.1, -0.05) is 0 Å². The topological polar surface area (TPSA) is 47.9 Å². The molecule has 0 aromatic rings. The van der Waals surface area contributed by atoms with Gasteiger partial charge in [0.05, 0.1) is 19.8 Å². The summed E-state index contributed by atoms with van der Waals surface area (Å²) < 4.78 is 10.5. The Morgan fingerprint density at radius 2 is 2.18 bits per heavy atom. The van der Waals surface area contributed by atoms with Crippen LogP contribution in [-0.4, -0.2) is 31.6 Å². The molecule has 0 radical (unpaired) electrons. The molecule has 11 heavy (non-hydrogen) atoms. The van der Waals surface area contributed by atoms with E-state index in [0.717, 1.165) is 0 Å². The highest BCUT2D eigenvalue weighted by atomic mass is 16.7. The molecule has 1 aliphatic rings. The normalized spacial score (nSPS) is 21.2. The third-order valence-electron chi connectivity index (χ3n) is 1.64. The number of ether oxygens (including phenoxy) is 2. The summed E-state index contributed by atoms with van der Waals surface area (Å²) in [5.41, 5.74) is 0. The highest BCUT2D eigenvalue weighted by molar-refractivity contribution is 5.32. The van der Waals surface area contributed by atoms with Gasteiger partial charge in [-0.15, -0.1) is 0 Å². The first kappa shape index (κ1) is 8.40. The lowest BCUT2D eigenvalue weighted by Crippen LogP contribution is -2.26. The summed E-state index contributed by atoms with van der Waals surface area (Å²) in [6.45, 7) is 3.52. The highest BCUT2D eigenvalue weighted by Gasteiger charge is 2.29. The number of carbonyl (C=O) groups excluding carboxylic acids is 1. The first-order chi connectivity index (χ1) is 5.27. The average Bonchev–Trinajstić information content (AvgIpc) is 2.38. The molecule has 1 heterocycles. The second-order valence-corrected chi connectivity index (χ2v) is 2.55. The molecule has 0 saturated carbocycles. The number of hydrogen-bond donors (Lipinski definition) is 0. The Bertz CT molecular complexity index is 169. The van der Waals surface area contributed by atoms with E-state index in [1.807, 2.05) is 6.92 Å². The van der Waals surface area contributed by atoms with E-state index < -0.39 is 5.79 Å². The summed E-state index contributed by atoms with van der Waals surface area (Å²) in [6.07, 6.45) is 2.09. The average molecular weight is 157 g/mol. The zero-order valence-electron chi connectivity index (χ0n) is 6.50. The van der Waals surface area contributed by atoms with Crippen LogP contribution in [0.1, 0.15) is 13.3 Å². The van der Waals surface area contributed by atoms with E-state index in [-0.39, 0.29) is 0 Å². The lowest BCUT2D eigenvalue weighted by molar-refractivity contribution is -0.144. The van der Waals surface area contributed by atoms with Crippen molar-refractivity contribution in [1.82, 2.24) is 0 Å². The van der Waals surface area contributed by atoms with E-state index in [1.165, 1.54) is 6.08 Å². The van der Waals surface area contributed by atoms with Crippen LogP contribution in [0.5, 0.6) is 0 Å². The molecule has 0 atom stereocenters. The fourth-order valence-electron chi connectivity index (χ4n) is 1.01. The Labute approximate surface area is 65.2 Å². The maximum absolute atomic E-state index is 9.71. The maximum Gasteiger partial charge on any atom is 0.234 e. The number of hydrogen-bond acceptors (Lipinski definition) is 4. The van der Waals surface area contributed by atoms with E-state index in [0.29, 0.717) is 26.2 Å². The fraction of sp³-hybridized carbons (Fsp3) is 0.857. The first-order valence-corrected chi connectivity index (χ1v) is 3.58. The van der Waals surface area contributed by atoms with Crippen molar-refractivity contribution in [2.45, 2.75) is 19.1 Å². The van der Waals surface area contributed by atoms with E-state index in [1.54, 1.807) is 0 Å². The van der Waals surface area contributed by atoms with E-state index in [9.17, 15) is 4.79 Å². The van der Waals surface area contributed by atoms with Gasteiger partial charge in [0, 0.05) is 6.42 Å². The van der Waals surface area contributed by atoms with Crippen molar-refractivity contribution >= 4 is 6.08 Å². The molecule has 4 nitrogen and oxygen atoms in total. The molecular formula is C7H11NO3. The van der Waals surface area contributed by atoms with Crippen LogP contribution >= 0.6 is 0 Å². The van der Waals surface area contributed by atoms with Crippen molar-refractivity contribution in [2.75, 3.05) is 19.8 Å². The SMILES string of the molecule is CC1(CCN=C=O)OCCO1. The molecule has 4 heteroatoms. The Kier molecular flexibility index (Phi) is 2.76. The van der Waals surface area contributed by atoms with Gasteiger partial charge in [0.25, 0.3) is 0 Å². The Balaban J connectivity index is 2.28. The molecule has 1 saturated heterocycles. The van der Waals surface area contributed by atoms with Crippen LogP contribution in [0.2, 0.25) is 0 Å². The minimum Gasteiger partial charge on any atom is -0.348 e. The third kappa shape index (κ3) is 2.42. The molecule has 0 aromatic carbocycles. The van der Waals surface area contributed by atoms with Crippen molar-refractivity contribution in [3.63, 3.8) is 0 Å².